The summed E-state index contributed by atoms with van der Waals surface area (Å²) in [5.74, 6) is 0.200. The van der Waals surface area contributed by atoms with Crippen LogP contribution in [0.5, 0.6) is 0 Å². The average Bonchev–Trinajstić information content (AvgIpc) is 2.33. The van der Waals surface area contributed by atoms with E-state index in [2.05, 4.69) is 23.6 Å². The van der Waals surface area contributed by atoms with Crippen LogP contribution in [0.4, 0.5) is 10.1 Å². The molecule has 1 N–H and O–H groups in total. The number of nitrogens with zero attached hydrogens (tertiary/aromatic N) is 2. The maximum Gasteiger partial charge on any atom is 0.123 e. The number of aliphatic hydroxyl groups excluding tert-OH is 1. The molecule has 0 aromatic heterocycles. The number of halogens is 1. The van der Waals surface area contributed by atoms with E-state index in [0.717, 1.165) is 25.3 Å². The Morgan fingerprint density at radius 3 is 2.30 bits per heavy atom. The number of rotatable bonds is 7. The summed E-state index contributed by atoms with van der Waals surface area (Å²) in [6.45, 7) is 8.67. The Morgan fingerprint density at radius 2 is 1.80 bits per heavy atom. The van der Waals surface area contributed by atoms with Crippen molar-refractivity contribution in [3.8, 4) is 0 Å². The first-order chi connectivity index (χ1) is 9.31. The van der Waals surface area contributed by atoms with Gasteiger partial charge in [0, 0.05) is 30.9 Å². The third-order valence-electron chi connectivity index (χ3n) is 3.18. The lowest BCUT2D eigenvalue weighted by Gasteiger charge is -2.30. The quantitative estimate of drug-likeness (QED) is 0.833. The topological polar surface area (TPSA) is 26.7 Å². The molecule has 4 heteroatoms. The van der Waals surface area contributed by atoms with E-state index in [-0.39, 0.29) is 5.82 Å². The van der Waals surface area contributed by atoms with E-state index in [4.69, 9.17) is 0 Å². The van der Waals surface area contributed by atoms with E-state index in [9.17, 15) is 9.50 Å². The van der Waals surface area contributed by atoms with E-state index in [1.54, 1.807) is 13.0 Å². The van der Waals surface area contributed by atoms with E-state index >= 15 is 0 Å². The van der Waals surface area contributed by atoms with Crippen LogP contribution in [0.3, 0.4) is 0 Å². The number of likely N-dealkylation sites (N-methyl/N-ethyl adjacent to an activating group) is 1. The van der Waals surface area contributed by atoms with Crippen LogP contribution < -0.4 is 4.90 Å². The second-order valence-corrected chi connectivity index (χ2v) is 6.02. The van der Waals surface area contributed by atoms with Gasteiger partial charge in [0.2, 0.25) is 0 Å². The zero-order valence-corrected chi connectivity index (χ0v) is 13.2. The summed E-state index contributed by atoms with van der Waals surface area (Å²) in [5.41, 5.74) is 1.58. The third kappa shape index (κ3) is 5.10. The van der Waals surface area contributed by atoms with Gasteiger partial charge in [0.05, 0.1) is 6.10 Å². The van der Waals surface area contributed by atoms with Crippen molar-refractivity contribution in [2.45, 2.75) is 26.9 Å². The van der Waals surface area contributed by atoms with Crippen molar-refractivity contribution >= 4 is 5.69 Å². The summed E-state index contributed by atoms with van der Waals surface area (Å²) in [6.07, 6.45) is -0.672. The number of hydrogen-bond acceptors (Lipinski definition) is 3. The maximum atomic E-state index is 13.4. The standard InChI is InChI=1S/C16H27FN2O/c1-12(2)11-19(9-8-18(4)5)16-7-6-14(17)10-15(16)13(3)20/h6-7,10,12-13,20H,8-9,11H2,1-5H3. The summed E-state index contributed by atoms with van der Waals surface area (Å²) in [4.78, 5) is 4.35. The van der Waals surface area contributed by atoms with Gasteiger partial charge in [-0.2, -0.15) is 0 Å². The van der Waals surface area contributed by atoms with Crippen LogP contribution in [0.1, 0.15) is 32.4 Å². The van der Waals surface area contributed by atoms with E-state index in [0.29, 0.717) is 11.5 Å². The van der Waals surface area contributed by atoms with Gasteiger partial charge in [-0.15, -0.1) is 0 Å². The second-order valence-electron chi connectivity index (χ2n) is 6.02. The molecule has 0 fully saturated rings. The first-order valence-electron chi connectivity index (χ1n) is 7.18. The molecule has 20 heavy (non-hydrogen) atoms. The molecule has 1 aromatic rings. The Bertz CT molecular complexity index is 419. The molecule has 0 aliphatic heterocycles. The minimum absolute atomic E-state index is 0.304. The van der Waals surface area contributed by atoms with Crippen LogP contribution in [0.2, 0.25) is 0 Å². The first kappa shape index (κ1) is 16.9. The Labute approximate surface area is 122 Å². The monoisotopic (exact) mass is 282 g/mol. The summed E-state index contributed by atoms with van der Waals surface area (Å²) in [6, 6.07) is 4.67. The van der Waals surface area contributed by atoms with Crippen LogP contribution in [-0.4, -0.2) is 43.7 Å². The highest BCUT2D eigenvalue weighted by molar-refractivity contribution is 5.55. The predicted octanol–water partition coefficient (Wildman–Crippen LogP) is 2.90. The van der Waals surface area contributed by atoms with Gasteiger partial charge in [0.15, 0.2) is 0 Å². The van der Waals surface area contributed by atoms with Crippen molar-refractivity contribution in [3.05, 3.63) is 29.6 Å². The van der Waals surface area contributed by atoms with Crippen LogP contribution in [-0.2, 0) is 0 Å². The Balaban J connectivity index is 3.05. The van der Waals surface area contributed by atoms with Gasteiger partial charge in [0.1, 0.15) is 5.82 Å². The summed E-state index contributed by atoms with van der Waals surface area (Å²) >= 11 is 0. The van der Waals surface area contributed by atoms with Gasteiger partial charge in [0.25, 0.3) is 0 Å². The van der Waals surface area contributed by atoms with Gasteiger partial charge in [-0.1, -0.05) is 13.8 Å². The molecule has 0 radical (unpaired) electrons. The van der Waals surface area contributed by atoms with Crippen LogP contribution in [0, 0.1) is 11.7 Å². The van der Waals surface area contributed by atoms with Gasteiger partial charge >= 0.3 is 0 Å². The average molecular weight is 282 g/mol. The molecule has 0 spiro atoms. The largest absolute Gasteiger partial charge is 0.389 e. The Hall–Kier alpha value is -1.13. The molecule has 0 aliphatic carbocycles. The van der Waals surface area contributed by atoms with E-state index in [1.165, 1.54) is 12.1 Å². The van der Waals surface area contributed by atoms with Crippen molar-refractivity contribution in [3.63, 3.8) is 0 Å². The number of benzene rings is 1. The molecule has 3 nitrogen and oxygen atoms in total. The molecule has 1 unspecified atom stereocenters. The highest BCUT2D eigenvalue weighted by atomic mass is 19.1. The summed E-state index contributed by atoms with van der Waals surface area (Å²) in [5, 5.41) is 9.89. The molecule has 114 valence electrons. The predicted molar refractivity (Wildman–Crippen MR) is 82.6 cm³/mol. The number of hydrogen-bond donors (Lipinski definition) is 1. The van der Waals surface area contributed by atoms with Crippen LogP contribution in [0.15, 0.2) is 18.2 Å². The smallest absolute Gasteiger partial charge is 0.123 e. The fraction of sp³-hybridized carbons (Fsp3) is 0.625. The molecule has 0 aliphatic rings. The Kier molecular flexibility index (Phi) is 6.43. The zero-order chi connectivity index (χ0) is 15.3. The summed E-state index contributed by atoms with van der Waals surface area (Å²) < 4.78 is 13.4. The fourth-order valence-corrected chi connectivity index (χ4v) is 2.22. The third-order valence-corrected chi connectivity index (χ3v) is 3.18. The molecule has 0 saturated heterocycles. The van der Waals surface area contributed by atoms with E-state index in [1.807, 2.05) is 14.1 Å². The lowest BCUT2D eigenvalue weighted by atomic mass is 10.1. The van der Waals surface area contributed by atoms with Crippen LogP contribution >= 0.6 is 0 Å². The molecular formula is C16H27FN2O. The minimum atomic E-state index is -0.672. The second kappa shape index (κ2) is 7.60. The molecule has 0 heterocycles. The van der Waals surface area contributed by atoms with Crippen molar-refractivity contribution in [2.75, 3.05) is 38.6 Å². The molecule has 0 bridgehead atoms. The Morgan fingerprint density at radius 1 is 1.15 bits per heavy atom. The highest BCUT2D eigenvalue weighted by Gasteiger charge is 2.16. The zero-order valence-electron chi connectivity index (χ0n) is 13.2. The fourth-order valence-electron chi connectivity index (χ4n) is 2.22. The van der Waals surface area contributed by atoms with Crippen LogP contribution in [0.25, 0.3) is 0 Å². The van der Waals surface area contributed by atoms with Crippen molar-refractivity contribution < 1.29 is 9.50 Å². The number of anilines is 1. The molecule has 1 atom stereocenters. The number of aliphatic hydroxyl groups is 1. The lowest BCUT2D eigenvalue weighted by molar-refractivity contribution is 0.199. The van der Waals surface area contributed by atoms with Gasteiger partial charge in [-0.05, 0) is 45.1 Å². The van der Waals surface area contributed by atoms with Gasteiger partial charge in [-0.3, -0.25) is 0 Å². The molecule has 0 amide bonds. The van der Waals surface area contributed by atoms with E-state index < -0.39 is 6.10 Å². The minimum Gasteiger partial charge on any atom is -0.389 e. The van der Waals surface area contributed by atoms with Crippen molar-refractivity contribution in [1.29, 1.82) is 0 Å². The molecule has 1 rings (SSSR count). The normalized spacial score (nSPS) is 13.1. The molecule has 1 aromatic carbocycles. The molecular weight excluding hydrogens is 255 g/mol. The highest BCUT2D eigenvalue weighted by Crippen LogP contribution is 2.28. The SMILES string of the molecule is CC(C)CN(CCN(C)C)c1ccc(F)cc1C(C)O. The first-order valence-corrected chi connectivity index (χ1v) is 7.18. The van der Waals surface area contributed by atoms with Gasteiger partial charge < -0.3 is 14.9 Å². The molecule has 0 saturated carbocycles. The lowest BCUT2D eigenvalue weighted by Crippen LogP contribution is -2.35. The van der Waals surface area contributed by atoms with Crippen molar-refractivity contribution in [1.82, 2.24) is 4.90 Å². The van der Waals surface area contributed by atoms with Gasteiger partial charge in [-0.25, -0.2) is 4.39 Å². The summed E-state index contributed by atoms with van der Waals surface area (Å²) in [7, 11) is 4.07. The maximum absolute atomic E-state index is 13.4. The van der Waals surface area contributed by atoms with Crippen molar-refractivity contribution in [2.24, 2.45) is 5.92 Å².